The Hall–Kier alpha value is -1.74. The lowest BCUT2D eigenvalue weighted by Crippen LogP contribution is -2.30. The van der Waals surface area contributed by atoms with Crippen molar-refractivity contribution in [2.45, 2.75) is 18.6 Å². The number of rotatable bonds is 0. The molecule has 2 aliphatic heterocycles. The molecule has 2 saturated heterocycles. The van der Waals surface area contributed by atoms with Gasteiger partial charge >= 0.3 is 18.5 Å². The average Bonchev–Trinajstić information content (AvgIpc) is 2.75. The first-order chi connectivity index (χ1) is 7.79. The number of hydrogen-bond donors (Lipinski definition) is 0. The molecule has 0 N–H and O–H groups in total. The molecule has 17 heavy (non-hydrogen) atoms. The first-order valence-electron chi connectivity index (χ1n) is 4.16. The van der Waals surface area contributed by atoms with Crippen LogP contribution in [0.5, 0.6) is 0 Å². The lowest BCUT2D eigenvalue weighted by molar-refractivity contribution is -0.193. The number of cyclic esters (lactones) is 4. The molecule has 2 unspecified atom stereocenters. The number of carbonyl (C=O) groups excluding carboxylic acids is 2. The second-order valence-corrected chi connectivity index (χ2v) is 2.80. The minimum absolute atomic E-state index is 0.265. The molecule has 2 heterocycles. The van der Waals surface area contributed by atoms with Crippen LogP contribution >= 0.6 is 0 Å². The second-order valence-electron chi connectivity index (χ2n) is 2.80. The molecule has 10 heteroatoms. The topological polar surface area (TPSA) is 71.1 Å². The highest BCUT2D eigenvalue weighted by atomic mass is 19.4. The highest BCUT2D eigenvalue weighted by Gasteiger charge is 2.47. The van der Waals surface area contributed by atoms with Gasteiger partial charge in [-0.2, -0.15) is 17.6 Å². The van der Waals surface area contributed by atoms with E-state index >= 15 is 0 Å². The molecule has 0 bridgehead atoms. The van der Waals surface area contributed by atoms with Gasteiger partial charge in [0, 0.05) is 0 Å². The quantitative estimate of drug-likeness (QED) is 0.487. The fourth-order valence-electron chi connectivity index (χ4n) is 0.795. The molecule has 0 amide bonds. The van der Waals surface area contributed by atoms with E-state index in [4.69, 9.17) is 0 Å². The molecule has 0 spiro atoms. The minimum Gasteiger partial charge on any atom is -0.430 e. The summed E-state index contributed by atoms with van der Waals surface area (Å²) >= 11 is 0. The Morgan fingerprint density at radius 1 is 1.00 bits per heavy atom. The number of halogens is 4. The van der Waals surface area contributed by atoms with Crippen molar-refractivity contribution in [3.05, 3.63) is 0 Å². The van der Waals surface area contributed by atoms with E-state index < -0.39 is 37.6 Å². The summed E-state index contributed by atoms with van der Waals surface area (Å²) in [5.74, 6) is 0. The lowest BCUT2D eigenvalue weighted by atomic mass is 10.4. The molecule has 0 aromatic rings. The molecular formula is C7H6F4O6. The molecular weight excluding hydrogens is 256 g/mol. The predicted octanol–water partition coefficient (Wildman–Crippen LogP) is 1.53. The molecule has 0 aromatic carbocycles. The molecule has 0 aromatic heterocycles. The lowest BCUT2D eigenvalue weighted by Gasteiger charge is -2.09. The first kappa shape index (κ1) is 13.3. The summed E-state index contributed by atoms with van der Waals surface area (Å²) in [7, 11) is 0. The van der Waals surface area contributed by atoms with Crippen molar-refractivity contribution in [1.29, 1.82) is 0 Å². The van der Waals surface area contributed by atoms with Gasteiger partial charge in [0.15, 0.2) is 6.61 Å². The van der Waals surface area contributed by atoms with Crippen LogP contribution in [-0.2, 0) is 18.9 Å². The Bertz CT molecular complexity index is 303. The summed E-state index contributed by atoms with van der Waals surface area (Å²) in [4.78, 5) is 19.7. The number of ether oxygens (including phenoxy) is 4. The van der Waals surface area contributed by atoms with E-state index in [0.29, 0.717) is 0 Å². The van der Waals surface area contributed by atoms with Gasteiger partial charge in [-0.15, -0.1) is 0 Å². The third kappa shape index (κ3) is 4.33. The SMILES string of the molecule is O=C1OCC(C(F)(F)F)O1.O=C1OCC(F)O1. The van der Waals surface area contributed by atoms with Gasteiger partial charge in [-0.05, 0) is 0 Å². The van der Waals surface area contributed by atoms with Gasteiger partial charge in [0.25, 0.3) is 6.36 Å². The van der Waals surface area contributed by atoms with Gasteiger partial charge in [0.05, 0.1) is 0 Å². The molecule has 2 fully saturated rings. The van der Waals surface area contributed by atoms with Crippen molar-refractivity contribution in [2.75, 3.05) is 13.2 Å². The summed E-state index contributed by atoms with van der Waals surface area (Å²) in [6.45, 7) is -0.999. The van der Waals surface area contributed by atoms with Crippen LogP contribution < -0.4 is 0 Å². The number of carbonyl (C=O) groups is 2. The maximum absolute atomic E-state index is 11.6. The zero-order valence-corrected chi connectivity index (χ0v) is 8.03. The zero-order chi connectivity index (χ0) is 13.1. The average molecular weight is 262 g/mol. The van der Waals surface area contributed by atoms with Crippen molar-refractivity contribution in [2.24, 2.45) is 0 Å². The Morgan fingerprint density at radius 3 is 1.71 bits per heavy atom. The Morgan fingerprint density at radius 2 is 1.53 bits per heavy atom. The maximum Gasteiger partial charge on any atom is 0.511 e. The highest BCUT2D eigenvalue weighted by molar-refractivity contribution is 5.62. The smallest absolute Gasteiger partial charge is 0.430 e. The molecule has 98 valence electrons. The first-order valence-corrected chi connectivity index (χ1v) is 4.16. The molecule has 0 aliphatic carbocycles. The Balaban J connectivity index is 0.000000181. The summed E-state index contributed by atoms with van der Waals surface area (Å²) < 4.78 is 61.8. The number of hydrogen-bond acceptors (Lipinski definition) is 6. The Labute approximate surface area is 91.4 Å². The van der Waals surface area contributed by atoms with Gasteiger partial charge in [0.2, 0.25) is 6.10 Å². The van der Waals surface area contributed by atoms with Crippen LogP contribution in [0.15, 0.2) is 0 Å². The Kier molecular flexibility index (Phi) is 3.97. The largest absolute Gasteiger partial charge is 0.511 e. The summed E-state index contributed by atoms with van der Waals surface area (Å²) in [5, 5.41) is 0. The summed E-state index contributed by atoms with van der Waals surface area (Å²) in [6.07, 6.45) is -10.3. The van der Waals surface area contributed by atoms with Crippen LogP contribution in [-0.4, -0.2) is 44.2 Å². The highest BCUT2D eigenvalue weighted by Crippen LogP contribution is 2.26. The maximum atomic E-state index is 11.6. The van der Waals surface area contributed by atoms with Gasteiger partial charge in [-0.1, -0.05) is 0 Å². The number of alkyl halides is 4. The van der Waals surface area contributed by atoms with Gasteiger partial charge in [-0.25, -0.2) is 9.59 Å². The fraction of sp³-hybridized carbons (Fsp3) is 0.714. The molecule has 0 radical (unpaired) electrons. The summed E-state index contributed by atoms with van der Waals surface area (Å²) in [5.41, 5.74) is 0. The third-order valence-corrected chi connectivity index (χ3v) is 1.51. The van der Waals surface area contributed by atoms with Crippen molar-refractivity contribution < 1.29 is 46.1 Å². The second kappa shape index (κ2) is 5.06. The normalized spacial score (nSPS) is 27.3. The molecule has 6 nitrogen and oxygen atoms in total. The standard InChI is InChI=1S/C4H3F3O3.C3H3FO3/c5-4(6,7)2-1-9-3(8)10-2;4-2-1-6-3(5)7-2/h2H,1H2;2H,1H2. The fourth-order valence-corrected chi connectivity index (χ4v) is 0.795. The van der Waals surface area contributed by atoms with E-state index in [0.717, 1.165) is 0 Å². The third-order valence-electron chi connectivity index (χ3n) is 1.51. The van der Waals surface area contributed by atoms with E-state index in [2.05, 4.69) is 18.9 Å². The van der Waals surface area contributed by atoms with Crippen molar-refractivity contribution in [3.8, 4) is 0 Å². The van der Waals surface area contributed by atoms with Crippen LogP contribution in [0.1, 0.15) is 0 Å². The van der Waals surface area contributed by atoms with Crippen LogP contribution in [0, 0.1) is 0 Å². The van der Waals surface area contributed by atoms with Crippen molar-refractivity contribution in [3.63, 3.8) is 0 Å². The molecule has 0 saturated carbocycles. The zero-order valence-electron chi connectivity index (χ0n) is 8.03. The molecule has 2 atom stereocenters. The van der Waals surface area contributed by atoms with Crippen LogP contribution in [0.2, 0.25) is 0 Å². The molecule has 2 rings (SSSR count). The van der Waals surface area contributed by atoms with E-state index in [9.17, 15) is 27.2 Å². The van der Waals surface area contributed by atoms with Gasteiger partial charge < -0.3 is 18.9 Å². The predicted molar refractivity (Wildman–Crippen MR) is 39.6 cm³/mol. The van der Waals surface area contributed by atoms with Crippen molar-refractivity contribution in [1.82, 2.24) is 0 Å². The van der Waals surface area contributed by atoms with Crippen LogP contribution in [0.3, 0.4) is 0 Å². The van der Waals surface area contributed by atoms with E-state index in [1.165, 1.54) is 0 Å². The van der Waals surface area contributed by atoms with Crippen LogP contribution in [0.25, 0.3) is 0 Å². The summed E-state index contributed by atoms with van der Waals surface area (Å²) in [6, 6.07) is 0. The minimum atomic E-state index is -4.51. The molecule has 2 aliphatic rings. The van der Waals surface area contributed by atoms with E-state index in [1.54, 1.807) is 0 Å². The van der Waals surface area contributed by atoms with Crippen LogP contribution in [0.4, 0.5) is 27.2 Å². The van der Waals surface area contributed by atoms with Crippen molar-refractivity contribution >= 4 is 12.3 Å². The van der Waals surface area contributed by atoms with Gasteiger partial charge in [0.1, 0.15) is 6.61 Å². The van der Waals surface area contributed by atoms with E-state index in [1.807, 2.05) is 0 Å². The van der Waals surface area contributed by atoms with E-state index in [-0.39, 0.29) is 6.61 Å². The van der Waals surface area contributed by atoms with Gasteiger partial charge in [-0.3, -0.25) is 0 Å². The monoisotopic (exact) mass is 262 g/mol.